The van der Waals surface area contributed by atoms with Gasteiger partial charge in [0, 0.05) is 12.1 Å². The quantitative estimate of drug-likeness (QED) is 0.707. The number of benzene rings is 1. The summed E-state index contributed by atoms with van der Waals surface area (Å²) in [6.07, 6.45) is 3.79. The van der Waals surface area contributed by atoms with E-state index >= 15 is 0 Å². The summed E-state index contributed by atoms with van der Waals surface area (Å²) in [6, 6.07) is 6.90. The van der Waals surface area contributed by atoms with Gasteiger partial charge in [-0.05, 0) is 62.5 Å². The molecule has 1 aliphatic heterocycles. The summed E-state index contributed by atoms with van der Waals surface area (Å²) >= 11 is 0. The Morgan fingerprint density at radius 3 is 2.55 bits per heavy atom. The van der Waals surface area contributed by atoms with Crippen LogP contribution in [0.2, 0.25) is 0 Å². The fraction of sp³-hybridized carbons (Fsp3) is 0.500. The Kier molecular flexibility index (Phi) is 6.21. The molecule has 1 aliphatic rings. The second-order valence-corrected chi connectivity index (χ2v) is 5.56. The highest BCUT2D eigenvalue weighted by atomic mass is 16.5. The number of piperidine rings is 1. The molecule has 0 radical (unpaired) electrons. The third-order valence-electron chi connectivity index (χ3n) is 3.76. The van der Waals surface area contributed by atoms with Gasteiger partial charge in [0.05, 0.1) is 0 Å². The molecule has 6 heteroatoms. The Balaban J connectivity index is 1.72. The summed E-state index contributed by atoms with van der Waals surface area (Å²) in [5, 5.41) is 6.20. The second-order valence-electron chi connectivity index (χ2n) is 5.56. The van der Waals surface area contributed by atoms with E-state index in [1.54, 1.807) is 24.3 Å². The number of nitrogens with one attached hydrogen (secondary N) is 2. The van der Waals surface area contributed by atoms with Crippen molar-refractivity contribution >= 4 is 17.5 Å². The van der Waals surface area contributed by atoms with Gasteiger partial charge in [0.1, 0.15) is 5.75 Å². The minimum absolute atomic E-state index is 0.0318. The molecule has 1 fully saturated rings. The van der Waals surface area contributed by atoms with Gasteiger partial charge in [-0.25, -0.2) is 0 Å². The third-order valence-corrected chi connectivity index (χ3v) is 3.76. The lowest BCUT2D eigenvalue weighted by Gasteiger charge is -2.22. The fourth-order valence-electron chi connectivity index (χ4n) is 2.52. The smallest absolute Gasteiger partial charge is 0.255 e. The van der Waals surface area contributed by atoms with E-state index in [0.717, 1.165) is 38.0 Å². The number of primary amides is 1. The highest BCUT2D eigenvalue weighted by molar-refractivity contribution is 5.90. The van der Waals surface area contributed by atoms with Crippen molar-refractivity contribution in [1.82, 2.24) is 5.32 Å². The molecule has 0 aliphatic carbocycles. The summed E-state index contributed by atoms with van der Waals surface area (Å²) in [6.45, 7) is 1.96. The number of carbonyl (C=O) groups is 2. The van der Waals surface area contributed by atoms with E-state index < -0.39 is 5.91 Å². The minimum Gasteiger partial charge on any atom is -0.484 e. The van der Waals surface area contributed by atoms with Gasteiger partial charge < -0.3 is 21.1 Å². The Labute approximate surface area is 130 Å². The zero-order chi connectivity index (χ0) is 15.8. The molecule has 2 amide bonds. The maximum Gasteiger partial charge on any atom is 0.255 e. The summed E-state index contributed by atoms with van der Waals surface area (Å²) in [5.74, 6) is 0.711. The summed E-state index contributed by atoms with van der Waals surface area (Å²) in [7, 11) is 0. The molecule has 1 aromatic rings. The van der Waals surface area contributed by atoms with Crippen LogP contribution in [0.5, 0.6) is 5.75 Å². The minimum atomic E-state index is -0.518. The van der Waals surface area contributed by atoms with Crippen LogP contribution < -0.4 is 21.1 Å². The monoisotopic (exact) mass is 305 g/mol. The predicted octanol–water partition coefficient (Wildman–Crippen LogP) is 1.27. The molecule has 0 spiro atoms. The molecule has 1 heterocycles. The summed E-state index contributed by atoms with van der Waals surface area (Å²) < 4.78 is 5.16. The van der Waals surface area contributed by atoms with Gasteiger partial charge in [0.15, 0.2) is 6.61 Å². The van der Waals surface area contributed by atoms with E-state index in [4.69, 9.17) is 10.5 Å². The Morgan fingerprint density at radius 2 is 1.91 bits per heavy atom. The number of anilines is 1. The normalized spacial score (nSPS) is 15.3. The van der Waals surface area contributed by atoms with Crippen LogP contribution in [0.15, 0.2) is 24.3 Å². The van der Waals surface area contributed by atoms with Crippen LogP contribution in [0.3, 0.4) is 0 Å². The lowest BCUT2D eigenvalue weighted by molar-refractivity contribution is -0.120. The predicted molar refractivity (Wildman–Crippen MR) is 84.6 cm³/mol. The third kappa shape index (κ3) is 5.73. The molecule has 120 valence electrons. The van der Waals surface area contributed by atoms with Gasteiger partial charge in [-0.3, -0.25) is 9.59 Å². The van der Waals surface area contributed by atoms with Crippen LogP contribution >= 0.6 is 0 Å². The van der Waals surface area contributed by atoms with Crippen LogP contribution in [0, 0.1) is 5.92 Å². The largest absolute Gasteiger partial charge is 0.484 e. The molecule has 0 saturated carbocycles. The molecular formula is C16H23N3O3. The number of hydrogen-bond acceptors (Lipinski definition) is 4. The number of carbonyl (C=O) groups excluding carboxylic acids is 2. The summed E-state index contributed by atoms with van der Waals surface area (Å²) in [4.78, 5) is 22.6. The van der Waals surface area contributed by atoms with Crippen molar-refractivity contribution in [3.63, 3.8) is 0 Å². The number of hydrogen-bond donors (Lipinski definition) is 3. The Hall–Kier alpha value is -2.08. The fourth-order valence-corrected chi connectivity index (χ4v) is 2.52. The van der Waals surface area contributed by atoms with Crippen molar-refractivity contribution in [1.29, 1.82) is 0 Å². The summed E-state index contributed by atoms with van der Waals surface area (Å²) in [5.41, 5.74) is 5.73. The molecule has 1 saturated heterocycles. The first-order chi connectivity index (χ1) is 10.6. The van der Waals surface area contributed by atoms with Gasteiger partial charge in [-0.15, -0.1) is 0 Å². The van der Waals surface area contributed by atoms with E-state index in [1.165, 1.54) is 0 Å². The van der Waals surface area contributed by atoms with Crippen LogP contribution in [0.4, 0.5) is 5.69 Å². The maximum atomic E-state index is 11.9. The van der Waals surface area contributed by atoms with Crippen molar-refractivity contribution in [2.75, 3.05) is 25.0 Å². The van der Waals surface area contributed by atoms with E-state index in [-0.39, 0.29) is 12.5 Å². The standard InChI is InChI=1S/C16H23N3O3/c17-15(20)11-22-14-4-2-13(3-5-14)19-16(21)6-1-12-7-9-18-10-8-12/h2-5,12,18H,1,6-11H2,(H2,17,20)(H,19,21). The first-order valence-corrected chi connectivity index (χ1v) is 7.65. The molecule has 6 nitrogen and oxygen atoms in total. The molecule has 0 aromatic heterocycles. The molecule has 0 atom stereocenters. The van der Waals surface area contributed by atoms with E-state index in [0.29, 0.717) is 18.1 Å². The highest BCUT2D eigenvalue weighted by Gasteiger charge is 2.14. The molecule has 0 unspecified atom stereocenters. The number of nitrogens with two attached hydrogens (primary N) is 1. The topological polar surface area (TPSA) is 93.5 Å². The van der Waals surface area contributed by atoms with Crippen molar-refractivity contribution in [3.8, 4) is 5.75 Å². The molecule has 4 N–H and O–H groups in total. The van der Waals surface area contributed by atoms with Crippen LogP contribution in [-0.4, -0.2) is 31.5 Å². The zero-order valence-corrected chi connectivity index (χ0v) is 12.6. The lowest BCUT2D eigenvalue weighted by Crippen LogP contribution is -2.28. The van der Waals surface area contributed by atoms with E-state index in [1.807, 2.05) is 0 Å². The highest BCUT2D eigenvalue weighted by Crippen LogP contribution is 2.19. The number of ether oxygens (including phenoxy) is 1. The van der Waals surface area contributed by atoms with Gasteiger partial charge in [-0.2, -0.15) is 0 Å². The first-order valence-electron chi connectivity index (χ1n) is 7.65. The van der Waals surface area contributed by atoms with Crippen molar-refractivity contribution in [2.24, 2.45) is 11.7 Å². The number of amides is 2. The zero-order valence-electron chi connectivity index (χ0n) is 12.6. The average molecular weight is 305 g/mol. The molecule has 2 rings (SSSR count). The van der Waals surface area contributed by atoms with Crippen molar-refractivity contribution in [2.45, 2.75) is 25.7 Å². The molecule has 22 heavy (non-hydrogen) atoms. The van der Waals surface area contributed by atoms with Gasteiger partial charge >= 0.3 is 0 Å². The second kappa shape index (κ2) is 8.38. The van der Waals surface area contributed by atoms with Crippen LogP contribution in [0.25, 0.3) is 0 Å². The lowest BCUT2D eigenvalue weighted by atomic mass is 9.93. The number of rotatable bonds is 7. The first kappa shape index (κ1) is 16.3. The SMILES string of the molecule is NC(=O)COc1ccc(NC(=O)CCC2CCNCC2)cc1. The van der Waals surface area contributed by atoms with Crippen molar-refractivity contribution in [3.05, 3.63) is 24.3 Å². The van der Waals surface area contributed by atoms with Gasteiger partial charge in [-0.1, -0.05) is 0 Å². The maximum absolute atomic E-state index is 11.9. The van der Waals surface area contributed by atoms with Crippen LogP contribution in [0.1, 0.15) is 25.7 Å². The van der Waals surface area contributed by atoms with Gasteiger partial charge in [0.2, 0.25) is 5.91 Å². The van der Waals surface area contributed by atoms with Crippen molar-refractivity contribution < 1.29 is 14.3 Å². The van der Waals surface area contributed by atoms with E-state index in [2.05, 4.69) is 10.6 Å². The average Bonchev–Trinajstić information content (AvgIpc) is 2.53. The molecular weight excluding hydrogens is 282 g/mol. The Bertz CT molecular complexity index is 496. The van der Waals surface area contributed by atoms with Gasteiger partial charge in [0.25, 0.3) is 5.91 Å². The van der Waals surface area contributed by atoms with Crippen LogP contribution in [-0.2, 0) is 9.59 Å². The van der Waals surface area contributed by atoms with E-state index in [9.17, 15) is 9.59 Å². The molecule has 0 bridgehead atoms. The Morgan fingerprint density at radius 1 is 1.23 bits per heavy atom. The molecule has 1 aromatic carbocycles.